The van der Waals surface area contributed by atoms with Crippen molar-refractivity contribution >= 4 is 23.2 Å². The molecular weight excluding hydrogens is 418 g/mol. The quantitative estimate of drug-likeness (QED) is 0.307. The largest absolute Gasteiger partial charge is 0.457 e. The van der Waals surface area contributed by atoms with Crippen molar-refractivity contribution in [1.29, 1.82) is 0 Å². The molecule has 1 amide bonds. The van der Waals surface area contributed by atoms with Gasteiger partial charge in [-0.15, -0.1) is 0 Å². The lowest BCUT2D eigenvalue weighted by Crippen LogP contribution is -2.17. The number of nitrogens with one attached hydrogen (secondary N) is 1. The number of anilines is 1. The highest BCUT2D eigenvalue weighted by Crippen LogP contribution is 2.29. The predicted molar refractivity (Wildman–Crippen MR) is 131 cm³/mol. The van der Waals surface area contributed by atoms with Crippen LogP contribution in [0, 0.1) is 0 Å². The number of para-hydroxylation sites is 2. The van der Waals surface area contributed by atoms with Crippen molar-refractivity contribution in [1.82, 2.24) is 0 Å². The van der Waals surface area contributed by atoms with Gasteiger partial charge >= 0.3 is 0 Å². The molecule has 1 atom stereocenters. The van der Waals surface area contributed by atoms with Crippen molar-refractivity contribution in [3.05, 3.63) is 125 Å². The van der Waals surface area contributed by atoms with Crippen LogP contribution in [0.2, 0.25) is 5.02 Å². The number of ether oxygens (including phenoxy) is 1. The second-order valence-electron chi connectivity index (χ2n) is 7.60. The van der Waals surface area contributed by atoms with Crippen LogP contribution in [0.15, 0.2) is 109 Å². The third kappa shape index (κ3) is 5.99. The lowest BCUT2D eigenvalue weighted by Gasteiger charge is -2.18. The fourth-order valence-corrected chi connectivity index (χ4v) is 3.81. The molecule has 160 valence electrons. The van der Waals surface area contributed by atoms with Crippen molar-refractivity contribution < 1.29 is 9.53 Å². The van der Waals surface area contributed by atoms with E-state index in [-0.39, 0.29) is 11.8 Å². The van der Waals surface area contributed by atoms with Crippen molar-refractivity contribution in [3.8, 4) is 11.5 Å². The molecular formula is C28H24ClNO2. The molecule has 3 nitrogen and oxygen atoms in total. The van der Waals surface area contributed by atoms with Gasteiger partial charge in [0.1, 0.15) is 11.5 Å². The van der Waals surface area contributed by atoms with E-state index in [9.17, 15) is 4.79 Å². The Morgan fingerprint density at radius 2 is 1.34 bits per heavy atom. The van der Waals surface area contributed by atoms with Crippen LogP contribution in [-0.4, -0.2) is 5.91 Å². The molecule has 0 fully saturated rings. The van der Waals surface area contributed by atoms with Gasteiger partial charge in [0.15, 0.2) is 0 Å². The third-order valence-electron chi connectivity index (χ3n) is 5.24. The predicted octanol–water partition coefficient (Wildman–Crippen LogP) is 7.49. The summed E-state index contributed by atoms with van der Waals surface area (Å²) in [6.45, 7) is 0. The average Bonchev–Trinajstić information content (AvgIpc) is 2.82. The van der Waals surface area contributed by atoms with E-state index in [0.29, 0.717) is 17.1 Å². The highest BCUT2D eigenvalue weighted by molar-refractivity contribution is 6.33. The number of halogens is 1. The zero-order valence-electron chi connectivity index (χ0n) is 17.6. The molecule has 32 heavy (non-hydrogen) atoms. The van der Waals surface area contributed by atoms with Crippen LogP contribution in [-0.2, 0) is 11.2 Å². The maximum Gasteiger partial charge on any atom is 0.225 e. The Balaban J connectivity index is 1.51. The molecule has 0 spiro atoms. The molecule has 4 aromatic carbocycles. The Morgan fingerprint density at radius 1 is 0.750 bits per heavy atom. The molecule has 1 unspecified atom stereocenters. The summed E-state index contributed by atoms with van der Waals surface area (Å²) in [6, 6.07) is 35.1. The minimum absolute atomic E-state index is 0.0191. The van der Waals surface area contributed by atoms with E-state index < -0.39 is 0 Å². The highest BCUT2D eigenvalue weighted by atomic mass is 35.5. The number of hydrogen-bond donors (Lipinski definition) is 1. The molecule has 4 aromatic rings. The van der Waals surface area contributed by atoms with Gasteiger partial charge in [-0.05, 0) is 59.9 Å². The van der Waals surface area contributed by atoms with E-state index in [0.717, 1.165) is 23.5 Å². The Hall–Kier alpha value is -3.56. The lowest BCUT2D eigenvalue weighted by atomic mass is 9.89. The summed E-state index contributed by atoms with van der Waals surface area (Å²) < 4.78 is 5.91. The van der Waals surface area contributed by atoms with Gasteiger partial charge in [-0.3, -0.25) is 4.79 Å². The molecule has 0 aliphatic carbocycles. The first-order chi connectivity index (χ1) is 15.7. The summed E-state index contributed by atoms with van der Waals surface area (Å²) in [5.41, 5.74) is 2.90. The van der Waals surface area contributed by atoms with E-state index in [4.69, 9.17) is 16.3 Å². The molecule has 4 heteroatoms. The molecule has 4 rings (SSSR count). The van der Waals surface area contributed by atoms with E-state index in [1.165, 1.54) is 5.56 Å². The molecule has 0 aromatic heterocycles. The van der Waals surface area contributed by atoms with Crippen LogP contribution in [0.1, 0.15) is 23.5 Å². The minimum atomic E-state index is -0.0661. The smallest absolute Gasteiger partial charge is 0.225 e. The molecule has 0 radical (unpaired) electrons. The Morgan fingerprint density at radius 3 is 2.03 bits per heavy atom. The summed E-state index contributed by atoms with van der Waals surface area (Å²) in [7, 11) is 0. The number of rotatable bonds is 8. The minimum Gasteiger partial charge on any atom is -0.457 e. The van der Waals surface area contributed by atoms with Gasteiger partial charge in [-0.25, -0.2) is 0 Å². The first-order valence-electron chi connectivity index (χ1n) is 10.6. The molecule has 0 heterocycles. The number of amides is 1. The van der Waals surface area contributed by atoms with Gasteiger partial charge in [0.25, 0.3) is 0 Å². The molecule has 1 N–H and O–H groups in total. The molecule has 0 saturated carbocycles. The van der Waals surface area contributed by atoms with Crippen LogP contribution in [0.25, 0.3) is 0 Å². The Labute approximate surface area is 193 Å². The summed E-state index contributed by atoms with van der Waals surface area (Å²) in [4.78, 5) is 12.9. The number of benzene rings is 4. The third-order valence-corrected chi connectivity index (χ3v) is 5.56. The molecule has 0 bridgehead atoms. The maximum atomic E-state index is 12.9. The standard InChI is InChI=1S/C28H24ClNO2/c29-26-13-7-8-14-27(26)30-28(31)20-23(19-21-9-3-1-4-10-21)22-15-17-25(18-16-22)32-24-11-5-2-6-12-24/h1-18,23H,19-20H2,(H,30,31). The topological polar surface area (TPSA) is 38.3 Å². The van der Waals surface area contributed by atoms with Crippen LogP contribution in [0.4, 0.5) is 5.69 Å². The highest BCUT2D eigenvalue weighted by Gasteiger charge is 2.18. The second kappa shape index (κ2) is 10.7. The van der Waals surface area contributed by atoms with Gasteiger partial charge in [-0.2, -0.15) is 0 Å². The van der Waals surface area contributed by atoms with Gasteiger partial charge in [0.05, 0.1) is 10.7 Å². The number of carbonyl (C=O) groups is 1. The summed E-state index contributed by atoms with van der Waals surface area (Å²) in [5, 5.41) is 3.48. The Kier molecular flexibility index (Phi) is 7.21. The monoisotopic (exact) mass is 441 g/mol. The van der Waals surface area contributed by atoms with Crippen molar-refractivity contribution in [2.24, 2.45) is 0 Å². The maximum absolute atomic E-state index is 12.9. The average molecular weight is 442 g/mol. The van der Waals surface area contributed by atoms with Gasteiger partial charge in [0.2, 0.25) is 5.91 Å². The van der Waals surface area contributed by atoms with Gasteiger partial charge < -0.3 is 10.1 Å². The Bertz CT molecular complexity index is 1140. The van der Waals surface area contributed by atoms with E-state index in [1.807, 2.05) is 91.0 Å². The first-order valence-corrected chi connectivity index (χ1v) is 11.0. The SMILES string of the molecule is O=C(CC(Cc1ccccc1)c1ccc(Oc2ccccc2)cc1)Nc1ccccc1Cl. The van der Waals surface area contributed by atoms with Crippen molar-refractivity contribution in [3.63, 3.8) is 0 Å². The van der Waals surface area contributed by atoms with E-state index in [1.54, 1.807) is 6.07 Å². The van der Waals surface area contributed by atoms with E-state index in [2.05, 4.69) is 17.4 Å². The normalized spacial score (nSPS) is 11.5. The molecule has 0 aliphatic rings. The van der Waals surface area contributed by atoms with Crippen LogP contribution >= 0.6 is 11.6 Å². The van der Waals surface area contributed by atoms with Crippen molar-refractivity contribution in [2.45, 2.75) is 18.8 Å². The lowest BCUT2D eigenvalue weighted by molar-refractivity contribution is -0.116. The van der Waals surface area contributed by atoms with Gasteiger partial charge in [0, 0.05) is 6.42 Å². The van der Waals surface area contributed by atoms with Crippen molar-refractivity contribution in [2.75, 3.05) is 5.32 Å². The first kappa shape index (κ1) is 21.7. The number of hydrogen-bond acceptors (Lipinski definition) is 2. The van der Waals surface area contributed by atoms with Crippen LogP contribution in [0.5, 0.6) is 11.5 Å². The van der Waals surface area contributed by atoms with E-state index >= 15 is 0 Å². The second-order valence-corrected chi connectivity index (χ2v) is 8.01. The fraction of sp³-hybridized carbons (Fsp3) is 0.107. The van der Waals surface area contributed by atoms with Crippen LogP contribution in [0.3, 0.4) is 0 Å². The fourth-order valence-electron chi connectivity index (χ4n) is 3.63. The van der Waals surface area contributed by atoms with Crippen LogP contribution < -0.4 is 10.1 Å². The molecule has 0 aliphatic heterocycles. The summed E-state index contributed by atoms with van der Waals surface area (Å²) >= 11 is 6.21. The van der Waals surface area contributed by atoms with Gasteiger partial charge in [-0.1, -0.05) is 84.4 Å². The zero-order chi connectivity index (χ0) is 22.2. The summed E-state index contributed by atoms with van der Waals surface area (Å²) in [6.07, 6.45) is 1.11. The zero-order valence-corrected chi connectivity index (χ0v) is 18.3. The summed E-state index contributed by atoms with van der Waals surface area (Å²) in [5.74, 6) is 1.51. The number of carbonyl (C=O) groups excluding carboxylic acids is 1. The molecule has 0 saturated heterocycles.